The SMILES string of the molecule is CC(C(=O)O)N(C)c1nc(Br)cs1. The number of carboxylic acids is 1. The smallest absolute Gasteiger partial charge is 0.326 e. The molecular formula is C7H9BrN2O2S. The summed E-state index contributed by atoms with van der Waals surface area (Å²) in [6.45, 7) is 1.62. The van der Waals surface area contributed by atoms with Gasteiger partial charge >= 0.3 is 5.97 Å². The lowest BCUT2D eigenvalue weighted by atomic mass is 10.3. The van der Waals surface area contributed by atoms with Gasteiger partial charge in [0.15, 0.2) is 5.13 Å². The molecule has 4 nitrogen and oxygen atoms in total. The zero-order valence-electron chi connectivity index (χ0n) is 7.19. The molecule has 0 spiro atoms. The van der Waals surface area contributed by atoms with Gasteiger partial charge in [0, 0.05) is 12.4 Å². The number of nitrogens with zero attached hydrogens (tertiary/aromatic N) is 2. The summed E-state index contributed by atoms with van der Waals surface area (Å²) in [4.78, 5) is 16.4. The molecule has 0 fully saturated rings. The number of carboxylic acid groups (broad SMARTS) is 1. The minimum absolute atomic E-state index is 0.557. The summed E-state index contributed by atoms with van der Waals surface area (Å²) in [5.41, 5.74) is 0. The second-order valence-electron chi connectivity index (χ2n) is 2.58. The lowest BCUT2D eigenvalue weighted by Crippen LogP contribution is -2.35. The summed E-state index contributed by atoms with van der Waals surface area (Å²) in [5.74, 6) is -0.853. The topological polar surface area (TPSA) is 53.4 Å². The summed E-state index contributed by atoms with van der Waals surface area (Å²) >= 11 is 4.62. The Bertz CT molecular complexity index is 315. The Hall–Kier alpha value is -0.620. The molecule has 1 rings (SSSR count). The van der Waals surface area contributed by atoms with Crippen molar-refractivity contribution in [1.29, 1.82) is 0 Å². The molecule has 1 aromatic heterocycles. The highest BCUT2D eigenvalue weighted by molar-refractivity contribution is 9.10. The molecule has 0 saturated heterocycles. The Labute approximate surface area is 88.3 Å². The number of hydrogen-bond acceptors (Lipinski definition) is 4. The highest BCUT2D eigenvalue weighted by Crippen LogP contribution is 2.23. The Balaban J connectivity index is 2.78. The Morgan fingerprint density at radius 2 is 2.46 bits per heavy atom. The first kappa shape index (κ1) is 10.5. The van der Waals surface area contributed by atoms with Crippen LogP contribution in [0.5, 0.6) is 0 Å². The van der Waals surface area contributed by atoms with E-state index < -0.39 is 12.0 Å². The Morgan fingerprint density at radius 1 is 1.85 bits per heavy atom. The fraction of sp³-hybridized carbons (Fsp3) is 0.429. The summed E-state index contributed by atoms with van der Waals surface area (Å²) in [5, 5.41) is 11.3. The molecule has 0 aromatic carbocycles. The van der Waals surface area contributed by atoms with Crippen LogP contribution in [-0.2, 0) is 4.79 Å². The van der Waals surface area contributed by atoms with Gasteiger partial charge in [0.2, 0.25) is 0 Å². The summed E-state index contributed by atoms with van der Waals surface area (Å²) in [6, 6.07) is -0.557. The van der Waals surface area contributed by atoms with Gasteiger partial charge in [-0.1, -0.05) is 0 Å². The number of halogens is 1. The van der Waals surface area contributed by atoms with Crippen molar-refractivity contribution in [3.8, 4) is 0 Å². The van der Waals surface area contributed by atoms with Crippen molar-refractivity contribution >= 4 is 38.4 Å². The van der Waals surface area contributed by atoms with Gasteiger partial charge in [-0.05, 0) is 22.9 Å². The third-order valence-electron chi connectivity index (χ3n) is 1.70. The summed E-state index contributed by atoms with van der Waals surface area (Å²) in [7, 11) is 1.71. The van der Waals surface area contributed by atoms with Gasteiger partial charge in [0.1, 0.15) is 10.6 Å². The number of anilines is 1. The maximum Gasteiger partial charge on any atom is 0.326 e. The van der Waals surface area contributed by atoms with Gasteiger partial charge in [0.05, 0.1) is 0 Å². The highest BCUT2D eigenvalue weighted by atomic mass is 79.9. The number of aromatic nitrogens is 1. The lowest BCUT2D eigenvalue weighted by Gasteiger charge is -2.19. The maximum atomic E-state index is 10.6. The molecule has 0 saturated carbocycles. The molecule has 0 aliphatic carbocycles. The number of carbonyl (C=O) groups is 1. The standard InChI is InChI=1S/C7H9BrN2O2S/c1-4(6(11)12)10(2)7-9-5(8)3-13-7/h3-4H,1-2H3,(H,11,12). The molecule has 72 valence electrons. The number of rotatable bonds is 3. The molecule has 1 N–H and O–H groups in total. The average molecular weight is 265 g/mol. The number of likely N-dealkylation sites (N-methyl/N-ethyl adjacent to an activating group) is 1. The predicted octanol–water partition coefficient (Wildman–Crippen LogP) is 1.81. The maximum absolute atomic E-state index is 10.6. The zero-order valence-corrected chi connectivity index (χ0v) is 9.59. The third-order valence-corrected chi connectivity index (χ3v) is 3.34. The molecule has 6 heteroatoms. The monoisotopic (exact) mass is 264 g/mol. The summed E-state index contributed by atoms with van der Waals surface area (Å²) in [6.07, 6.45) is 0. The van der Waals surface area contributed by atoms with E-state index in [2.05, 4.69) is 20.9 Å². The minimum Gasteiger partial charge on any atom is -0.480 e. The van der Waals surface area contributed by atoms with E-state index in [4.69, 9.17) is 5.11 Å². The van der Waals surface area contributed by atoms with Crippen LogP contribution < -0.4 is 4.90 Å². The van der Waals surface area contributed by atoms with Crippen LogP contribution in [0.25, 0.3) is 0 Å². The largest absolute Gasteiger partial charge is 0.480 e. The van der Waals surface area contributed by atoms with Crippen molar-refractivity contribution in [3.63, 3.8) is 0 Å². The van der Waals surface area contributed by atoms with Crippen molar-refractivity contribution in [3.05, 3.63) is 9.98 Å². The predicted molar refractivity (Wildman–Crippen MR) is 55.3 cm³/mol. The highest BCUT2D eigenvalue weighted by Gasteiger charge is 2.19. The zero-order chi connectivity index (χ0) is 10.0. The molecule has 1 heterocycles. The van der Waals surface area contributed by atoms with Crippen LogP contribution in [0, 0.1) is 0 Å². The van der Waals surface area contributed by atoms with Crippen molar-refractivity contribution in [2.24, 2.45) is 0 Å². The van der Waals surface area contributed by atoms with Gasteiger partial charge < -0.3 is 10.0 Å². The number of thiazole rings is 1. The van der Waals surface area contributed by atoms with E-state index in [1.165, 1.54) is 11.3 Å². The first-order chi connectivity index (χ1) is 6.02. The normalized spacial score (nSPS) is 12.5. The van der Waals surface area contributed by atoms with Crippen LogP contribution in [0.15, 0.2) is 9.98 Å². The van der Waals surface area contributed by atoms with E-state index in [0.717, 1.165) is 4.60 Å². The molecule has 1 unspecified atom stereocenters. The number of aliphatic carboxylic acids is 1. The van der Waals surface area contributed by atoms with Crippen LogP contribution in [0.1, 0.15) is 6.92 Å². The van der Waals surface area contributed by atoms with Gasteiger partial charge in [-0.15, -0.1) is 11.3 Å². The van der Waals surface area contributed by atoms with Gasteiger partial charge in [-0.25, -0.2) is 9.78 Å². The van der Waals surface area contributed by atoms with Crippen LogP contribution in [0.4, 0.5) is 5.13 Å². The molecule has 0 aliphatic heterocycles. The first-order valence-electron chi connectivity index (χ1n) is 3.59. The molecule has 1 atom stereocenters. The van der Waals surface area contributed by atoms with E-state index >= 15 is 0 Å². The molecule has 0 radical (unpaired) electrons. The molecule has 0 aliphatic rings. The van der Waals surface area contributed by atoms with Crippen LogP contribution in [-0.4, -0.2) is 29.1 Å². The fourth-order valence-electron chi connectivity index (χ4n) is 0.739. The Kier molecular flexibility index (Phi) is 3.27. The molecule has 0 bridgehead atoms. The average Bonchev–Trinajstić information content (AvgIpc) is 2.49. The van der Waals surface area contributed by atoms with Gasteiger partial charge in [-0.3, -0.25) is 0 Å². The second-order valence-corrected chi connectivity index (χ2v) is 4.23. The van der Waals surface area contributed by atoms with E-state index in [9.17, 15) is 4.79 Å². The van der Waals surface area contributed by atoms with Crippen LogP contribution in [0.3, 0.4) is 0 Å². The van der Waals surface area contributed by atoms with Crippen molar-refractivity contribution in [1.82, 2.24) is 4.98 Å². The van der Waals surface area contributed by atoms with E-state index in [-0.39, 0.29) is 0 Å². The lowest BCUT2D eigenvalue weighted by molar-refractivity contribution is -0.138. The van der Waals surface area contributed by atoms with Crippen LogP contribution in [0.2, 0.25) is 0 Å². The van der Waals surface area contributed by atoms with E-state index in [1.807, 2.05) is 5.38 Å². The second kappa shape index (κ2) is 4.06. The van der Waals surface area contributed by atoms with E-state index in [1.54, 1.807) is 18.9 Å². The quantitative estimate of drug-likeness (QED) is 0.905. The fourth-order valence-corrected chi connectivity index (χ4v) is 2.04. The minimum atomic E-state index is -0.853. The number of hydrogen-bond donors (Lipinski definition) is 1. The van der Waals surface area contributed by atoms with Crippen LogP contribution >= 0.6 is 27.3 Å². The summed E-state index contributed by atoms with van der Waals surface area (Å²) < 4.78 is 0.733. The third kappa shape index (κ3) is 2.41. The molecular weight excluding hydrogens is 256 g/mol. The first-order valence-corrected chi connectivity index (χ1v) is 5.26. The van der Waals surface area contributed by atoms with E-state index in [0.29, 0.717) is 5.13 Å². The van der Waals surface area contributed by atoms with Crippen molar-refractivity contribution < 1.29 is 9.90 Å². The van der Waals surface area contributed by atoms with Gasteiger partial charge in [0.25, 0.3) is 0 Å². The van der Waals surface area contributed by atoms with Gasteiger partial charge in [-0.2, -0.15) is 0 Å². The van der Waals surface area contributed by atoms with Crippen molar-refractivity contribution in [2.75, 3.05) is 11.9 Å². The molecule has 0 amide bonds. The Morgan fingerprint density at radius 3 is 2.85 bits per heavy atom. The molecule has 1 aromatic rings. The van der Waals surface area contributed by atoms with Crippen molar-refractivity contribution in [2.45, 2.75) is 13.0 Å². The molecule has 13 heavy (non-hydrogen) atoms.